The fraction of sp³-hybridized carbons (Fsp3) is 0.474. The molecule has 1 heterocycles. The third kappa shape index (κ3) is 5.64. The van der Waals surface area contributed by atoms with Crippen molar-refractivity contribution in [2.75, 3.05) is 0 Å². The van der Waals surface area contributed by atoms with Crippen molar-refractivity contribution in [3.63, 3.8) is 0 Å². The summed E-state index contributed by atoms with van der Waals surface area (Å²) < 4.78 is 5.82. The van der Waals surface area contributed by atoms with E-state index in [0.29, 0.717) is 17.9 Å². The largest absolute Gasteiger partial charge is 0.486 e. The standard InChI is InChI=1S/C19H26N2O2S/c1-4-5-6-9-14(2)20-19(22)17-10-7-8-11-18(17)23-12-16-13-24-15(3)21-16/h7-8,10-11,13-14H,4-6,9,12H2,1-3H3,(H,20,22)/t14-/m0/s1. The Bertz CT molecular complexity index is 654. The molecule has 2 aromatic rings. The zero-order valence-electron chi connectivity index (χ0n) is 14.7. The van der Waals surface area contributed by atoms with Crippen LogP contribution in [0.2, 0.25) is 0 Å². The van der Waals surface area contributed by atoms with E-state index in [4.69, 9.17) is 4.74 Å². The summed E-state index contributed by atoms with van der Waals surface area (Å²) in [6, 6.07) is 7.53. The number of aryl methyl sites for hydroxylation is 1. The van der Waals surface area contributed by atoms with Crippen LogP contribution in [0.25, 0.3) is 0 Å². The number of rotatable bonds is 9. The summed E-state index contributed by atoms with van der Waals surface area (Å²) in [6.07, 6.45) is 4.53. The van der Waals surface area contributed by atoms with Crippen LogP contribution < -0.4 is 10.1 Å². The smallest absolute Gasteiger partial charge is 0.255 e. The summed E-state index contributed by atoms with van der Waals surface area (Å²) in [5, 5.41) is 6.06. The van der Waals surface area contributed by atoms with Gasteiger partial charge in [-0.15, -0.1) is 11.3 Å². The Hall–Kier alpha value is -1.88. The summed E-state index contributed by atoms with van der Waals surface area (Å²) in [6.45, 7) is 6.58. The van der Waals surface area contributed by atoms with E-state index in [1.165, 1.54) is 12.8 Å². The molecule has 0 bridgehead atoms. The Kier molecular flexibility index (Phi) is 7.25. The molecule has 130 valence electrons. The third-order valence-electron chi connectivity index (χ3n) is 3.79. The first kappa shape index (κ1) is 18.5. The van der Waals surface area contributed by atoms with E-state index in [0.717, 1.165) is 23.5 Å². The number of thiazole rings is 1. The Morgan fingerprint density at radius 2 is 2.12 bits per heavy atom. The van der Waals surface area contributed by atoms with Gasteiger partial charge in [-0.05, 0) is 32.4 Å². The fourth-order valence-corrected chi connectivity index (χ4v) is 3.08. The SMILES string of the molecule is CCCCC[C@H](C)NC(=O)c1ccccc1OCc1csc(C)n1. The molecule has 0 radical (unpaired) electrons. The fourth-order valence-electron chi connectivity index (χ4n) is 2.48. The normalized spacial score (nSPS) is 12.0. The molecule has 1 N–H and O–H groups in total. The number of nitrogens with zero attached hydrogens (tertiary/aromatic N) is 1. The van der Waals surface area contributed by atoms with Gasteiger partial charge >= 0.3 is 0 Å². The Balaban J connectivity index is 1.95. The van der Waals surface area contributed by atoms with Crippen LogP contribution in [-0.2, 0) is 6.61 Å². The van der Waals surface area contributed by atoms with Gasteiger partial charge in [0.15, 0.2) is 0 Å². The minimum atomic E-state index is -0.0796. The maximum atomic E-state index is 12.5. The predicted molar refractivity (Wildman–Crippen MR) is 98.7 cm³/mol. The number of carbonyl (C=O) groups excluding carboxylic acids is 1. The van der Waals surface area contributed by atoms with Crippen LogP contribution in [0.3, 0.4) is 0 Å². The topological polar surface area (TPSA) is 51.2 Å². The Morgan fingerprint density at radius 3 is 2.83 bits per heavy atom. The minimum Gasteiger partial charge on any atom is -0.486 e. The number of nitrogens with one attached hydrogen (secondary N) is 1. The van der Waals surface area contributed by atoms with E-state index in [1.54, 1.807) is 17.4 Å². The molecule has 1 amide bonds. The van der Waals surface area contributed by atoms with E-state index in [2.05, 4.69) is 24.1 Å². The van der Waals surface area contributed by atoms with Crippen molar-refractivity contribution in [2.45, 2.75) is 59.1 Å². The van der Waals surface area contributed by atoms with E-state index in [1.807, 2.05) is 30.5 Å². The molecule has 0 aliphatic carbocycles. The van der Waals surface area contributed by atoms with E-state index in [9.17, 15) is 4.79 Å². The van der Waals surface area contributed by atoms with Gasteiger partial charge in [0, 0.05) is 11.4 Å². The van der Waals surface area contributed by atoms with Crippen LogP contribution in [0.15, 0.2) is 29.6 Å². The number of benzene rings is 1. The van der Waals surface area contributed by atoms with Crippen LogP contribution in [0.1, 0.15) is 60.6 Å². The van der Waals surface area contributed by atoms with Gasteiger partial charge < -0.3 is 10.1 Å². The molecule has 1 aromatic carbocycles. The zero-order valence-corrected chi connectivity index (χ0v) is 15.5. The van der Waals surface area contributed by atoms with Crippen LogP contribution in [0.4, 0.5) is 0 Å². The number of para-hydroxylation sites is 1. The maximum absolute atomic E-state index is 12.5. The van der Waals surface area contributed by atoms with Gasteiger partial charge in [0.2, 0.25) is 0 Å². The third-order valence-corrected chi connectivity index (χ3v) is 4.61. The molecule has 1 aromatic heterocycles. The monoisotopic (exact) mass is 346 g/mol. The summed E-state index contributed by atoms with van der Waals surface area (Å²) in [5.74, 6) is 0.519. The van der Waals surface area contributed by atoms with Gasteiger partial charge in [0.1, 0.15) is 12.4 Å². The Labute approximate surface area is 148 Å². The van der Waals surface area contributed by atoms with Gasteiger partial charge in [-0.3, -0.25) is 4.79 Å². The number of hydrogen-bond acceptors (Lipinski definition) is 4. The number of ether oxygens (including phenoxy) is 1. The van der Waals surface area contributed by atoms with Gasteiger partial charge in [0.25, 0.3) is 5.91 Å². The maximum Gasteiger partial charge on any atom is 0.255 e. The average molecular weight is 346 g/mol. The molecule has 0 spiro atoms. The highest BCUT2D eigenvalue weighted by molar-refractivity contribution is 7.09. The number of carbonyl (C=O) groups is 1. The van der Waals surface area contributed by atoms with E-state index < -0.39 is 0 Å². The summed E-state index contributed by atoms with van der Waals surface area (Å²) in [7, 11) is 0. The van der Waals surface area contributed by atoms with Gasteiger partial charge in [-0.1, -0.05) is 38.3 Å². The lowest BCUT2D eigenvalue weighted by molar-refractivity contribution is 0.0933. The zero-order chi connectivity index (χ0) is 17.4. The van der Waals surface area contributed by atoms with Crippen molar-refractivity contribution in [1.82, 2.24) is 10.3 Å². The van der Waals surface area contributed by atoms with Gasteiger partial charge in [-0.25, -0.2) is 4.98 Å². The summed E-state index contributed by atoms with van der Waals surface area (Å²) in [5.41, 5.74) is 1.47. The first-order valence-electron chi connectivity index (χ1n) is 8.53. The van der Waals surface area contributed by atoms with Gasteiger partial charge in [0.05, 0.1) is 16.3 Å². The molecular weight excluding hydrogens is 320 g/mol. The molecule has 0 unspecified atom stereocenters. The first-order valence-corrected chi connectivity index (χ1v) is 9.41. The predicted octanol–water partition coefficient (Wildman–Crippen LogP) is 4.73. The lowest BCUT2D eigenvalue weighted by Crippen LogP contribution is -2.32. The van der Waals surface area contributed by atoms with Crippen molar-refractivity contribution in [3.05, 3.63) is 45.9 Å². The van der Waals surface area contributed by atoms with Crippen LogP contribution in [0, 0.1) is 6.92 Å². The Morgan fingerprint density at radius 1 is 1.33 bits per heavy atom. The molecule has 1 atom stereocenters. The molecule has 0 aliphatic heterocycles. The molecule has 2 rings (SSSR count). The average Bonchev–Trinajstić information content (AvgIpc) is 2.99. The highest BCUT2D eigenvalue weighted by Gasteiger charge is 2.14. The van der Waals surface area contributed by atoms with Crippen LogP contribution >= 0.6 is 11.3 Å². The van der Waals surface area contributed by atoms with Crippen molar-refractivity contribution in [1.29, 1.82) is 0 Å². The number of unbranched alkanes of at least 4 members (excludes halogenated alkanes) is 2. The van der Waals surface area contributed by atoms with E-state index in [-0.39, 0.29) is 11.9 Å². The highest BCUT2D eigenvalue weighted by Crippen LogP contribution is 2.20. The second-order valence-electron chi connectivity index (χ2n) is 6.01. The molecule has 4 nitrogen and oxygen atoms in total. The molecule has 5 heteroatoms. The summed E-state index contributed by atoms with van der Waals surface area (Å²) in [4.78, 5) is 16.9. The number of aromatic nitrogens is 1. The van der Waals surface area contributed by atoms with Crippen molar-refractivity contribution in [2.24, 2.45) is 0 Å². The molecule has 0 aliphatic rings. The minimum absolute atomic E-state index is 0.0796. The van der Waals surface area contributed by atoms with Crippen molar-refractivity contribution in [3.8, 4) is 5.75 Å². The lowest BCUT2D eigenvalue weighted by Gasteiger charge is -2.15. The second kappa shape index (κ2) is 9.42. The van der Waals surface area contributed by atoms with Gasteiger partial charge in [-0.2, -0.15) is 0 Å². The van der Waals surface area contributed by atoms with Crippen LogP contribution in [-0.4, -0.2) is 16.9 Å². The highest BCUT2D eigenvalue weighted by atomic mass is 32.1. The number of hydrogen-bond donors (Lipinski definition) is 1. The van der Waals surface area contributed by atoms with E-state index >= 15 is 0 Å². The van der Waals surface area contributed by atoms with Crippen molar-refractivity contribution < 1.29 is 9.53 Å². The molecule has 0 saturated carbocycles. The molecule has 24 heavy (non-hydrogen) atoms. The van der Waals surface area contributed by atoms with Crippen LogP contribution in [0.5, 0.6) is 5.75 Å². The second-order valence-corrected chi connectivity index (χ2v) is 7.08. The number of amides is 1. The molecular formula is C19H26N2O2S. The quantitative estimate of drug-likeness (QED) is 0.668. The molecule has 0 saturated heterocycles. The molecule has 0 fully saturated rings. The van der Waals surface area contributed by atoms with Crippen molar-refractivity contribution >= 4 is 17.2 Å². The lowest BCUT2D eigenvalue weighted by atomic mass is 10.1. The first-order chi connectivity index (χ1) is 11.6. The summed E-state index contributed by atoms with van der Waals surface area (Å²) >= 11 is 1.60.